The van der Waals surface area contributed by atoms with Crippen molar-refractivity contribution in [2.75, 3.05) is 26.0 Å². The number of aryl methyl sites for hydroxylation is 2. The van der Waals surface area contributed by atoms with Gasteiger partial charge in [-0.25, -0.2) is 0 Å². The lowest BCUT2D eigenvalue weighted by Crippen LogP contribution is -2.13. The summed E-state index contributed by atoms with van der Waals surface area (Å²) >= 11 is 1.87. The van der Waals surface area contributed by atoms with Crippen LogP contribution in [-0.2, 0) is 18.3 Å². The summed E-state index contributed by atoms with van der Waals surface area (Å²) in [5.74, 6) is 1.08. The van der Waals surface area contributed by atoms with E-state index in [0.29, 0.717) is 0 Å². The summed E-state index contributed by atoms with van der Waals surface area (Å²) in [7, 11) is 3.76. The van der Waals surface area contributed by atoms with E-state index in [1.807, 2.05) is 23.5 Å². The van der Waals surface area contributed by atoms with Gasteiger partial charge in [-0.05, 0) is 19.9 Å². The minimum absolute atomic E-state index is 0.826. The Morgan fingerprint density at radius 1 is 1.47 bits per heavy atom. The summed E-state index contributed by atoms with van der Waals surface area (Å²) in [6, 6.07) is 0. The van der Waals surface area contributed by atoms with Crippen LogP contribution in [0.2, 0.25) is 0 Å². The first kappa shape index (κ1) is 14.5. The van der Waals surface area contributed by atoms with Crippen molar-refractivity contribution in [2.45, 2.75) is 31.8 Å². The van der Waals surface area contributed by atoms with Gasteiger partial charge < -0.3 is 10.1 Å². The van der Waals surface area contributed by atoms with E-state index >= 15 is 0 Å². The second-order valence-electron chi connectivity index (χ2n) is 3.97. The topological polar surface area (TPSA) is 39.1 Å². The third kappa shape index (κ3) is 4.33. The van der Waals surface area contributed by atoms with Crippen molar-refractivity contribution in [1.82, 2.24) is 15.1 Å². The molecule has 0 radical (unpaired) electrons. The number of nitrogens with one attached hydrogen (secondary N) is 1. The number of hydrogen-bond donors (Lipinski definition) is 1. The quantitative estimate of drug-likeness (QED) is 0.571. The van der Waals surface area contributed by atoms with E-state index in [9.17, 15) is 0 Å². The monoisotopic (exact) mass is 257 g/mol. The molecule has 98 valence electrons. The predicted octanol–water partition coefficient (Wildman–Crippen LogP) is 1.97. The SMILES string of the molecule is CCNCc1c(C)nn(C)c1SCCCOC. The molecule has 0 aromatic carbocycles. The van der Waals surface area contributed by atoms with Crippen LogP contribution in [0.15, 0.2) is 5.03 Å². The Morgan fingerprint density at radius 2 is 2.24 bits per heavy atom. The lowest BCUT2D eigenvalue weighted by molar-refractivity contribution is 0.200. The predicted molar refractivity (Wildman–Crippen MR) is 72.5 cm³/mol. The molecule has 1 rings (SSSR count). The van der Waals surface area contributed by atoms with Crippen LogP contribution in [-0.4, -0.2) is 35.8 Å². The van der Waals surface area contributed by atoms with E-state index in [2.05, 4.69) is 24.3 Å². The van der Waals surface area contributed by atoms with Crippen molar-refractivity contribution >= 4 is 11.8 Å². The van der Waals surface area contributed by atoms with Crippen LogP contribution in [0, 0.1) is 6.92 Å². The molecule has 0 atom stereocenters. The molecule has 0 unspecified atom stereocenters. The molecule has 0 aliphatic heterocycles. The molecule has 0 aliphatic carbocycles. The van der Waals surface area contributed by atoms with Gasteiger partial charge in [0.25, 0.3) is 0 Å². The summed E-state index contributed by atoms with van der Waals surface area (Å²) in [6.45, 7) is 6.92. The molecule has 0 spiro atoms. The van der Waals surface area contributed by atoms with Crippen LogP contribution < -0.4 is 5.32 Å². The Kier molecular flexibility index (Phi) is 6.62. The number of hydrogen-bond acceptors (Lipinski definition) is 4. The van der Waals surface area contributed by atoms with Gasteiger partial charge in [0.15, 0.2) is 0 Å². The van der Waals surface area contributed by atoms with Gasteiger partial charge in [-0.1, -0.05) is 6.92 Å². The Hall–Kier alpha value is -0.520. The molecular weight excluding hydrogens is 234 g/mol. The fraction of sp³-hybridized carbons (Fsp3) is 0.750. The number of ether oxygens (including phenoxy) is 1. The fourth-order valence-electron chi connectivity index (χ4n) is 1.69. The summed E-state index contributed by atoms with van der Waals surface area (Å²) < 4.78 is 7.05. The summed E-state index contributed by atoms with van der Waals surface area (Å²) in [5, 5.41) is 9.13. The molecule has 5 heteroatoms. The van der Waals surface area contributed by atoms with Crippen molar-refractivity contribution in [3.63, 3.8) is 0 Å². The molecule has 4 nitrogen and oxygen atoms in total. The van der Waals surface area contributed by atoms with Gasteiger partial charge in [-0.3, -0.25) is 4.68 Å². The highest BCUT2D eigenvalue weighted by Gasteiger charge is 2.12. The highest BCUT2D eigenvalue weighted by Crippen LogP contribution is 2.25. The first-order valence-electron chi connectivity index (χ1n) is 6.05. The molecule has 1 aromatic rings. The standard InChI is InChI=1S/C12H23N3OS/c1-5-13-9-11-10(2)14-15(3)12(11)17-8-6-7-16-4/h13H,5-9H2,1-4H3. The van der Waals surface area contributed by atoms with Crippen LogP contribution >= 0.6 is 11.8 Å². The average molecular weight is 257 g/mol. The van der Waals surface area contributed by atoms with Gasteiger partial charge in [0.2, 0.25) is 0 Å². The summed E-state index contributed by atoms with van der Waals surface area (Å²) in [4.78, 5) is 0. The molecule has 0 saturated heterocycles. The average Bonchev–Trinajstić information content (AvgIpc) is 2.57. The van der Waals surface area contributed by atoms with Crippen molar-refractivity contribution < 1.29 is 4.74 Å². The maximum atomic E-state index is 5.06. The summed E-state index contributed by atoms with van der Waals surface area (Å²) in [5.41, 5.74) is 2.46. The van der Waals surface area contributed by atoms with Gasteiger partial charge >= 0.3 is 0 Å². The maximum Gasteiger partial charge on any atom is 0.0984 e. The first-order chi connectivity index (χ1) is 8.20. The molecule has 1 aromatic heterocycles. The van der Waals surface area contributed by atoms with E-state index in [0.717, 1.165) is 37.6 Å². The molecule has 1 N–H and O–H groups in total. The third-order valence-corrected chi connectivity index (χ3v) is 3.85. The van der Waals surface area contributed by atoms with Crippen molar-refractivity contribution in [3.05, 3.63) is 11.3 Å². The Morgan fingerprint density at radius 3 is 2.88 bits per heavy atom. The van der Waals surface area contributed by atoms with Gasteiger partial charge in [0.05, 0.1) is 10.7 Å². The zero-order chi connectivity index (χ0) is 12.7. The number of methoxy groups -OCH3 is 1. The Balaban J connectivity index is 2.61. The zero-order valence-corrected chi connectivity index (χ0v) is 12.1. The largest absolute Gasteiger partial charge is 0.385 e. The molecule has 0 aliphatic rings. The van der Waals surface area contributed by atoms with Gasteiger partial charge in [0.1, 0.15) is 0 Å². The molecule has 0 saturated carbocycles. The molecule has 0 fully saturated rings. The van der Waals surface area contributed by atoms with E-state index in [-0.39, 0.29) is 0 Å². The minimum Gasteiger partial charge on any atom is -0.385 e. The number of aromatic nitrogens is 2. The molecule has 1 heterocycles. The Bertz CT molecular complexity index is 339. The Labute approximate surface area is 108 Å². The van der Waals surface area contributed by atoms with Crippen molar-refractivity contribution in [1.29, 1.82) is 0 Å². The van der Waals surface area contributed by atoms with Gasteiger partial charge in [0, 0.05) is 38.6 Å². The van der Waals surface area contributed by atoms with E-state index in [1.54, 1.807) is 7.11 Å². The van der Waals surface area contributed by atoms with Crippen LogP contribution in [0.25, 0.3) is 0 Å². The molecule has 0 bridgehead atoms. The van der Waals surface area contributed by atoms with E-state index in [1.165, 1.54) is 10.6 Å². The van der Waals surface area contributed by atoms with Crippen LogP contribution in [0.5, 0.6) is 0 Å². The first-order valence-corrected chi connectivity index (χ1v) is 7.04. The van der Waals surface area contributed by atoms with Crippen LogP contribution in [0.3, 0.4) is 0 Å². The van der Waals surface area contributed by atoms with E-state index in [4.69, 9.17) is 4.74 Å². The van der Waals surface area contributed by atoms with Crippen LogP contribution in [0.4, 0.5) is 0 Å². The van der Waals surface area contributed by atoms with Crippen molar-refractivity contribution in [3.8, 4) is 0 Å². The lowest BCUT2D eigenvalue weighted by atomic mass is 10.2. The summed E-state index contributed by atoms with van der Waals surface area (Å²) in [6.07, 6.45) is 1.08. The highest BCUT2D eigenvalue weighted by molar-refractivity contribution is 7.99. The highest BCUT2D eigenvalue weighted by atomic mass is 32.2. The normalized spacial score (nSPS) is 11.1. The number of nitrogens with zero attached hydrogens (tertiary/aromatic N) is 2. The number of rotatable bonds is 8. The van der Waals surface area contributed by atoms with Crippen molar-refractivity contribution in [2.24, 2.45) is 7.05 Å². The number of thioether (sulfide) groups is 1. The lowest BCUT2D eigenvalue weighted by Gasteiger charge is -2.06. The molecule has 17 heavy (non-hydrogen) atoms. The van der Waals surface area contributed by atoms with Gasteiger partial charge in [-0.15, -0.1) is 11.8 Å². The molecule has 0 amide bonds. The fourth-order valence-corrected chi connectivity index (χ4v) is 2.76. The zero-order valence-electron chi connectivity index (χ0n) is 11.2. The maximum absolute atomic E-state index is 5.06. The minimum atomic E-state index is 0.826. The second kappa shape index (κ2) is 7.74. The van der Waals surface area contributed by atoms with Gasteiger partial charge in [-0.2, -0.15) is 5.10 Å². The van der Waals surface area contributed by atoms with E-state index < -0.39 is 0 Å². The van der Waals surface area contributed by atoms with Crippen LogP contribution in [0.1, 0.15) is 24.6 Å². The smallest absolute Gasteiger partial charge is 0.0984 e. The second-order valence-corrected chi connectivity index (χ2v) is 5.05. The third-order valence-electron chi connectivity index (χ3n) is 2.57. The molecular formula is C12H23N3OS.